The molecule has 15 heavy (non-hydrogen) atoms. The number of nitrogen functional groups attached to an aromatic ring is 1. The second kappa shape index (κ2) is 3.74. The van der Waals surface area contributed by atoms with E-state index in [1.807, 2.05) is 0 Å². The predicted molar refractivity (Wildman–Crippen MR) is 55.6 cm³/mol. The number of ether oxygens (including phenoxy) is 1. The van der Waals surface area contributed by atoms with Crippen molar-refractivity contribution in [2.75, 3.05) is 12.8 Å². The lowest BCUT2D eigenvalue weighted by molar-refractivity contribution is 0.0607. The van der Waals surface area contributed by atoms with Crippen molar-refractivity contribution in [3.05, 3.63) is 22.4 Å². The second-order valence-electron chi connectivity index (χ2n) is 2.77. The van der Waals surface area contributed by atoms with Gasteiger partial charge in [-0.25, -0.2) is 4.79 Å². The normalized spacial score (nSPS) is 10.2. The van der Waals surface area contributed by atoms with E-state index in [0.29, 0.717) is 16.1 Å². The molecule has 0 aliphatic heterocycles. The first kappa shape index (κ1) is 9.72. The number of esters is 1. The average Bonchev–Trinajstić information content (AvgIpc) is 2.84. The van der Waals surface area contributed by atoms with E-state index in [0.717, 1.165) is 0 Å². The van der Waals surface area contributed by atoms with Crippen LogP contribution in [0.1, 0.15) is 9.67 Å². The number of hydrogen-bond donors (Lipinski definition) is 1. The lowest BCUT2D eigenvalue weighted by Crippen LogP contribution is -1.99. The molecule has 2 heterocycles. The van der Waals surface area contributed by atoms with Crippen LogP contribution in [-0.4, -0.2) is 18.2 Å². The number of nitrogens with two attached hydrogens (primary N) is 1. The topological polar surface area (TPSA) is 78.4 Å². The fourth-order valence-corrected chi connectivity index (χ4v) is 2.00. The first-order chi connectivity index (χ1) is 7.22. The number of rotatable bonds is 2. The van der Waals surface area contributed by atoms with Gasteiger partial charge in [0.1, 0.15) is 10.6 Å². The number of aromatic nitrogens is 1. The number of anilines is 1. The van der Waals surface area contributed by atoms with Crippen molar-refractivity contribution in [3.63, 3.8) is 0 Å². The lowest BCUT2D eigenvalue weighted by atomic mass is 10.2. The summed E-state index contributed by atoms with van der Waals surface area (Å²) in [7, 11) is 1.34. The molecule has 0 aliphatic carbocycles. The number of carbonyl (C=O) groups is 1. The molecule has 5 nitrogen and oxygen atoms in total. The quantitative estimate of drug-likeness (QED) is 0.786. The second-order valence-corrected chi connectivity index (χ2v) is 3.69. The summed E-state index contributed by atoms with van der Waals surface area (Å²) < 4.78 is 9.38. The maximum Gasteiger partial charge on any atom is 0.348 e. The van der Waals surface area contributed by atoms with Gasteiger partial charge in [-0.1, -0.05) is 5.16 Å². The summed E-state index contributed by atoms with van der Waals surface area (Å²) in [6.07, 6.45) is 0. The summed E-state index contributed by atoms with van der Waals surface area (Å²) in [5, 5.41) is 5.52. The molecule has 0 aromatic carbocycles. The molecule has 0 radical (unpaired) electrons. The zero-order valence-corrected chi connectivity index (χ0v) is 8.71. The van der Waals surface area contributed by atoms with Crippen LogP contribution in [0.25, 0.3) is 11.3 Å². The molecule has 78 valence electrons. The number of thiophene rings is 1. The molecule has 0 saturated heterocycles. The average molecular weight is 224 g/mol. The molecule has 2 aromatic rings. The van der Waals surface area contributed by atoms with E-state index in [2.05, 4.69) is 9.89 Å². The summed E-state index contributed by atoms with van der Waals surface area (Å²) >= 11 is 1.29. The van der Waals surface area contributed by atoms with E-state index < -0.39 is 0 Å². The highest BCUT2D eigenvalue weighted by atomic mass is 32.1. The highest BCUT2D eigenvalue weighted by Crippen LogP contribution is 2.28. The minimum absolute atomic E-state index is 0.215. The molecule has 0 aliphatic rings. The van der Waals surface area contributed by atoms with Crippen LogP contribution < -0.4 is 5.73 Å². The van der Waals surface area contributed by atoms with E-state index in [9.17, 15) is 4.79 Å². The van der Waals surface area contributed by atoms with Crippen LogP contribution in [0.15, 0.2) is 22.0 Å². The van der Waals surface area contributed by atoms with Crippen LogP contribution >= 0.6 is 11.3 Å². The fourth-order valence-electron chi connectivity index (χ4n) is 1.18. The molecule has 2 aromatic heterocycles. The zero-order chi connectivity index (χ0) is 10.8. The van der Waals surface area contributed by atoms with Crippen molar-refractivity contribution < 1.29 is 14.1 Å². The first-order valence-corrected chi connectivity index (χ1v) is 4.98. The summed E-state index contributed by atoms with van der Waals surface area (Å²) in [6.45, 7) is 0. The molecule has 0 unspecified atom stereocenters. The van der Waals surface area contributed by atoms with Gasteiger partial charge >= 0.3 is 5.97 Å². The van der Waals surface area contributed by atoms with Crippen molar-refractivity contribution in [2.24, 2.45) is 0 Å². The highest BCUT2D eigenvalue weighted by molar-refractivity contribution is 7.12. The Morgan fingerprint density at radius 3 is 3.07 bits per heavy atom. The van der Waals surface area contributed by atoms with Gasteiger partial charge in [0.25, 0.3) is 0 Å². The van der Waals surface area contributed by atoms with Crippen molar-refractivity contribution in [1.82, 2.24) is 5.16 Å². The third kappa shape index (κ3) is 1.71. The number of carbonyl (C=O) groups excluding carboxylic acids is 1. The van der Waals surface area contributed by atoms with Gasteiger partial charge in [0.2, 0.25) is 5.88 Å². The van der Waals surface area contributed by atoms with E-state index in [1.54, 1.807) is 17.5 Å². The van der Waals surface area contributed by atoms with E-state index in [4.69, 9.17) is 10.3 Å². The summed E-state index contributed by atoms with van der Waals surface area (Å²) in [4.78, 5) is 11.9. The van der Waals surface area contributed by atoms with Gasteiger partial charge in [-0.15, -0.1) is 11.3 Å². The molecule has 0 atom stereocenters. The Kier molecular flexibility index (Phi) is 2.42. The molecular formula is C9H8N2O3S. The van der Waals surface area contributed by atoms with Gasteiger partial charge in [-0.3, -0.25) is 0 Å². The molecule has 2 rings (SSSR count). The van der Waals surface area contributed by atoms with Crippen LogP contribution in [0.2, 0.25) is 0 Å². The zero-order valence-electron chi connectivity index (χ0n) is 7.89. The molecule has 2 N–H and O–H groups in total. The Balaban J connectivity index is 2.45. The maximum absolute atomic E-state index is 11.4. The Labute approximate surface area is 89.4 Å². The van der Waals surface area contributed by atoms with Crippen molar-refractivity contribution >= 4 is 23.2 Å². The molecular weight excluding hydrogens is 216 g/mol. The number of nitrogens with zero attached hydrogens (tertiary/aromatic N) is 1. The summed E-state index contributed by atoms with van der Waals surface area (Å²) in [6, 6.07) is 3.34. The van der Waals surface area contributed by atoms with Crippen LogP contribution in [0, 0.1) is 0 Å². The minimum Gasteiger partial charge on any atom is -0.465 e. The molecule has 0 fully saturated rings. The van der Waals surface area contributed by atoms with Gasteiger partial charge in [-0.2, -0.15) is 0 Å². The van der Waals surface area contributed by atoms with E-state index in [-0.39, 0.29) is 11.9 Å². The molecule has 0 spiro atoms. The van der Waals surface area contributed by atoms with Crippen LogP contribution in [0.3, 0.4) is 0 Å². The third-order valence-corrected chi connectivity index (χ3v) is 2.73. The van der Waals surface area contributed by atoms with Crippen LogP contribution in [-0.2, 0) is 4.74 Å². The van der Waals surface area contributed by atoms with Gasteiger partial charge in [0.15, 0.2) is 0 Å². The Bertz CT molecular complexity index is 489. The Morgan fingerprint density at radius 1 is 1.67 bits per heavy atom. The van der Waals surface area contributed by atoms with Crippen molar-refractivity contribution in [1.29, 1.82) is 0 Å². The lowest BCUT2D eigenvalue weighted by Gasteiger charge is -1.97. The molecule has 6 heteroatoms. The van der Waals surface area contributed by atoms with Crippen molar-refractivity contribution in [3.8, 4) is 11.3 Å². The van der Waals surface area contributed by atoms with Gasteiger partial charge < -0.3 is 15.0 Å². The van der Waals surface area contributed by atoms with E-state index in [1.165, 1.54) is 18.4 Å². The molecule has 0 amide bonds. The van der Waals surface area contributed by atoms with Crippen molar-refractivity contribution in [2.45, 2.75) is 0 Å². The largest absolute Gasteiger partial charge is 0.465 e. The first-order valence-electron chi connectivity index (χ1n) is 4.10. The molecule has 0 saturated carbocycles. The van der Waals surface area contributed by atoms with Gasteiger partial charge in [0, 0.05) is 11.6 Å². The monoisotopic (exact) mass is 224 g/mol. The Hall–Kier alpha value is -1.82. The standard InChI is InChI=1S/C9H8N2O3S/c1-13-9(12)8-5(2-3-15-8)6-4-7(10)14-11-6/h2-4H,10H2,1H3. The number of methoxy groups -OCH3 is 1. The minimum atomic E-state index is -0.387. The van der Waals surface area contributed by atoms with Gasteiger partial charge in [0.05, 0.1) is 7.11 Å². The SMILES string of the molecule is COC(=O)c1sccc1-c1cc(N)on1. The van der Waals surface area contributed by atoms with E-state index >= 15 is 0 Å². The summed E-state index contributed by atoms with van der Waals surface area (Å²) in [5.41, 5.74) is 6.61. The molecule has 0 bridgehead atoms. The van der Waals surface area contributed by atoms with Crippen LogP contribution in [0.5, 0.6) is 0 Å². The van der Waals surface area contributed by atoms with Gasteiger partial charge in [-0.05, 0) is 11.4 Å². The smallest absolute Gasteiger partial charge is 0.348 e. The maximum atomic E-state index is 11.4. The predicted octanol–water partition coefficient (Wildman–Crippen LogP) is 1.77. The summed E-state index contributed by atoms with van der Waals surface area (Å²) in [5.74, 6) is -0.173. The Morgan fingerprint density at radius 2 is 2.47 bits per heavy atom. The highest BCUT2D eigenvalue weighted by Gasteiger charge is 2.17. The number of hydrogen-bond acceptors (Lipinski definition) is 6. The fraction of sp³-hybridized carbons (Fsp3) is 0.111. The van der Waals surface area contributed by atoms with Crippen LogP contribution in [0.4, 0.5) is 5.88 Å². The third-order valence-electron chi connectivity index (χ3n) is 1.84.